The quantitative estimate of drug-likeness (QED) is 0.457. The lowest BCUT2D eigenvalue weighted by Gasteiger charge is -2.39. The minimum atomic E-state index is -0.101. The molecular weight excluding hydrogens is 448 g/mol. The SMILES string of the molecule is COc1ccc(OC[C@@H]2c3cc(OC)c(OC)cc3CCN2C(=S)Nc2ccc(C)cc2)cc1. The van der Waals surface area contributed by atoms with Gasteiger partial charge in [0.25, 0.3) is 0 Å². The normalized spacial score (nSPS) is 14.7. The second-order valence-corrected chi connectivity index (χ2v) is 8.53. The third-order valence-corrected chi connectivity index (χ3v) is 6.37. The molecule has 1 N–H and O–H groups in total. The molecule has 3 aromatic carbocycles. The average Bonchev–Trinajstić information content (AvgIpc) is 2.87. The topological polar surface area (TPSA) is 52.2 Å². The largest absolute Gasteiger partial charge is 0.497 e. The first kappa shape index (κ1) is 23.7. The van der Waals surface area contributed by atoms with Crippen LogP contribution in [0.4, 0.5) is 5.69 Å². The Balaban J connectivity index is 1.62. The number of anilines is 1. The highest BCUT2D eigenvalue weighted by Gasteiger charge is 2.31. The molecule has 0 saturated carbocycles. The van der Waals surface area contributed by atoms with Gasteiger partial charge in [0.1, 0.15) is 18.1 Å². The molecule has 178 valence electrons. The molecule has 4 rings (SSSR count). The fourth-order valence-electron chi connectivity index (χ4n) is 4.13. The average molecular weight is 479 g/mol. The molecule has 1 heterocycles. The molecule has 1 aliphatic heterocycles. The monoisotopic (exact) mass is 478 g/mol. The van der Waals surface area contributed by atoms with E-state index in [-0.39, 0.29) is 6.04 Å². The van der Waals surface area contributed by atoms with Gasteiger partial charge in [-0.2, -0.15) is 0 Å². The second-order valence-electron chi connectivity index (χ2n) is 8.15. The molecule has 34 heavy (non-hydrogen) atoms. The van der Waals surface area contributed by atoms with Gasteiger partial charge in [-0.25, -0.2) is 0 Å². The number of thiocarbonyl (C=S) groups is 1. The summed E-state index contributed by atoms with van der Waals surface area (Å²) in [5.74, 6) is 2.97. The molecule has 0 aliphatic carbocycles. The smallest absolute Gasteiger partial charge is 0.174 e. The number of fused-ring (bicyclic) bond motifs is 1. The van der Waals surface area contributed by atoms with Crippen LogP contribution in [0.3, 0.4) is 0 Å². The summed E-state index contributed by atoms with van der Waals surface area (Å²) in [6, 6.07) is 19.8. The van der Waals surface area contributed by atoms with Crippen LogP contribution in [0.2, 0.25) is 0 Å². The Bertz CT molecular complexity index is 1130. The number of rotatable bonds is 7. The molecule has 0 aromatic heterocycles. The van der Waals surface area contributed by atoms with Gasteiger partial charge in [-0.1, -0.05) is 17.7 Å². The van der Waals surface area contributed by atoms with Crippen molar-refractivity contribution in [3.05, 3.63) is 77.4 Å². The summed E-state index contributed by atoms with van der Waals surface area (Å²) >= 11 is 5.86. The van der Waals surface area contributed by atoms with Crippen molar-refractivity contribution >= 4 is 23.0 Å². The zero-order valence-electron chi connectivity index (χ0n) is 20.0. The molecule has 0 bridgehead atoms. The number of nitrogens with one attached hydrogen (secondary N) is 1. The second kappa shape index (κ2) is 10.7. The van der Waals surface area contributed by atoms with Crippen molar-refractivity contribution in [1.82, 2.24) is 4.90 Å². The first-order chi connectivity index (χ1) is 16.5. The van der Waals surface area contributed by atoms with E-state index >= 15 is 0 Å². The van der Waals surface area contributed by atoms with E-state index in [2.05, 4.69) is 35.3 Å². The van der Waals surface area contributed by atoms with Crippen LogP contribution in [0.25, 0.3) is 0 Å². The Hall–Kier alpha value is -3.45. The summed E-state index contributed by atoms with van der Waals surface area (Å²) in [5.41, 5.74) is 4.49. The fraction of sp³-hybridized carbons (Fsp3) is 0.296. The van der Waals surface area contributed by atoms with Crippen molar-refractivity contribution in [2.45, 2.75) is 19.4 Å². The summed E-state index contributed by atoms with van der Waals surface area (Å²) < 4.78 is 22.6. The van der Waals surface area contributed by atoms with Crippen LogP contribution < -0.4 is 24.3 Å². The predicted octanol–water partition coefficient (Wildman–Crippen LogP) is 5.40. The highest BCUT2D eigenvalue weighted by molar-refractivity contribution is 7.80. The van der Waals surface area contributed by atoms with Gasteiger partial charge < -0.3 is 29.2 Å². The lowest BCUT2D eigenvalue weighted by Crippen LogP contribution is -2.44. The number of benzene rings is 3. The standard InChI is InChI=1S/C27H30N2O4S/c1-18-5-7-20(8-6-18)28-27(34)29-14-13-19-15-25(31-3)26(32-4)16-23(19)24(29)17-33-22-11-9-21(30-2)10-12-22/h5-12,15-16,24H,13-14,17H2,1-4H3,(H,28,34)/t24-/m1/s1. The summed E-state index contributed by atoms with van der Waals surface area (Å²) in [7, 11) is 4.96. The van der Waals surface area contributed by atoms with Gasteiger partial charge in [0.05, 0.1) is 27.4 Å². The van der Waals surface area contributed by atoms with E-state index in [1.165, 1.54) is 11.1 Å². The molecule has 0 saturated heterocycles. The minimum absolute atomic E-state index is 0.101. The number of hydrogen-bond acceptors (Lipinski definition) is 5. The fourth-order valence-corrected chi connectivity index (χ4v) is 4.47. The molecule has 0 spiro atoms. The third kappa shape index (κ3) is 5.20. The lowest BCUT2D eigenvalue weighted by molar-refractivity contribution is 0.190. The highest BCUT2D eigenvalue weighted by Crippen LogP contribution is 2.38. The number of hydrogen-bond donors (Lipinski definition) is 1. The molecule has 6 nitrogen and oxygen atoms in total. The van der Waals surface area contributed by atoms with Crippen molar-refractivity contribution in [2.75, 3.05) is 39.8 Å². The Morgan fingerprint density at radius 1 is 0.912 bits per heavy atom. The summed E-state index contributed by atoms with van der Waals surface area (Å²) in [5, 5.41) is 4.05. The lowest BCUT2D eigenvalue weighted by atomic mass is 9.92. The van der Waals surface area contributed by atoms with Crippen molar-refractivity contribution in [3.63, 3.8) is 0 Å². The third-order valence-electron chi connectivity index (χ3n) is 6.03. The number of ether oxygens (including phenoxy) is 4. The molecule has 0 fully saturated rings. The van der Waals surface area contributed by atoms with E-state index < -0.39 is 0 Å². The maximum absolute atomic E-state index is 6.22. The van der Waals surface area contributed by atoms with Crippen LogP contribution in [-0.4, -0.2) is 44.5 Å². The first-order valence-corrected chi connectivity index (χ1v) is 11.6. The van der Waals surface area contributed by atoms with Gasteiger partial charge in [-0.15, -0.1) is 0 Å². The van der Waals surface area contributed by atoms with Crippen LogP contribution in [0, 0.1) is 6.92 Å². The maximum atomic E-state index is 6.22. The van der Waals surface area contributed by atoms with E-state index in [0.29, 0.717) is 17.5 Å². The molecule has 1 aliphatic rings. The van der Waals surface area contributed by atoms with Crippen LogP contribution >= 0.6 is 12.2 Å². The molecular formula is C27H30N2O4S. The van der Waals surface area contributed by atoms with Crippen LogP contribution in [0.15, 0.2) is 60.7 Å². The first-order valence-electron chi connectivity index (χ1n) is 11.2. The number of aryl methyl sites for hydroxylation is 1. The zero-order chi connectivity index (χ0) is 24.1. The Morgan fingerprint density at radius 3 is 2.21 bits per heavy atom. The van der Waals surface area contributed by atoms with Crippen molar-refractivity contribution < 1.29 is 18.9 Å². The summed E-state index contributed by atoms with van der Waals surface area (Å²) in [6.45, 7) is 3.25. The van der Waals surface area contributed by atoms with Crippen LogP contribution in [-0.2, 0) is 6.42 Å². The van der Waals surface area contributed by atoms with Crippen molar-refractivity contribution in [2.24, 2.45) is 0 Å². The Morgan fingerprint density at radius 2 is 1.56 bits per heavy atom. The summed E-state index contributed by atoms with van der Waals surface area (Å²) in [6.07, 6.45) is 0.838. The zero-order valence-corrected chi connectivity index (χ0v) is 20.8. The van der Waals surface area contributed by atoms with Gasteiger partial charge in [-0.3, -0.25) is 0 Å². The minimum Gasteiger partial charge on any atom is -0.497 e. The predicted molar refractivity (Wildman–Crippen MR) is 139 cm³/mol. The van der Waals surface area contributed by atoms with Gasteiger partial charge in [0, 0.05) is 12.2 Å². The summed E-state index contributed by atoms with van der Waals surface area (Å²) in [4.78, 5) is 2.19. The molecule has 0 unspecified atom stereocenters. The highest BCUT2D eigenvalue weighted by atomic mass is 32.1. The van der Waals surface area contributed by atoms with Crippen LogP contribution in [0.5, 0.6) is 23.0 Å². The van der Waals surface area contributed by atoms with E-state index in [1.807, 2.05) is 42.5 Å². The van der Waals surface area contributed by atoms with Crippen LogP contribution in [0.1, 0.15) is 22.7 Å². The maximum Gasteiger partial charge on any atom is 0.174 e. The van der Waals surface area contributed by atoms with E-state index in [1.54, 1.807) is 21.3 Å². The Kier molecular flexibility index (Phi) is 7.43. The van der Waals surface area contributed by atoms with E-state index in [0.717, 1.165) is 41.5 Å². The molecule has 0 amide bonds. The van der Waals surface area contributed by atoms with Gasteiger partial charge in [0.15, 0.2) is 16.6 Å². The van der Waals surface area contributed by atoms with Crippen molar-refractivity contribution in [1.29, 1.82) is 0 Å². The Labute approximate surface area is 206 Å². The van der Waals surface area contributed by atoms with Crippen molar-refractivity contribution in [3.8, 4) is 23.0 Å². The molecule has 3 aromatic rings. The van der Waals surface area contributed by atoms with Gasteiger partial charge in [-0.05, 0) is 85.2 Å². The number of methoxy groups -OCH3 is 3. The molecule has 7 heteroatoms. The number of nitrogens with zero attached hydrogens (tertiary/aromatic N) is 1. The van der Waals surface area contributed by atoms with Gasteiger partial charge in [0.2, 0.25) is 0 Å². The van der Waals surface area contributed by atoms with Gasteiger partial charge >= 0.3 is 0 Å². The molecule has 0 radical (unpaired) electrons. The van der Waals surface area contributed by atoms with E-state index in [4.69, 9.17) is 31.2 Å². The van der Waals surface area contributed by atoms with E-state index in [9.17, 15) is 0 Å². The molecule has 1 atom stereocenters.